The fraction of sp³-hybridized carbons (Fsp3) is 0.304. The molecule has 188 valence electrons. The Labute approximate surface area is 205 Å². The molecule has 1 heterocycles. The average molecular weight is 521 g/mol. The molecule has 0 radical (unpaired) electrons. The van der Waals surface area contributed by atoms with Gasteiger partial charge in [0, 0.05) is 25.3 Å². The van der Waals surface area contributed by atoms with Gasteiger partial charge in [0.1, 0.15) is 0 Å². The van der Waals surface area contributed by atoms with Gasteiger partial charge in [-0.25, -0.2) is 13.1 Å². The highest BCUT2D eigenvalue weighted by atomic mass is 32.2. The normalized spacial score (nSPS) is 15.6. The second-order valence-corrected chi connectivity index (χ2v) is 11.4. The lowest BCUT2D eigenvalue weighted by atomic mass is 10.0. The van der Waals surface area contributed by atoms with Gasteiger partial charge in [0.15, 0.2) is 0 Å². The Morgan fingerprint density at radius 3 is 2.29 bits per heavy atom. The van der Waals surface area contributed by atoms with Gasteiger partial charge < -0.3 is 4.90 Å². The molecule has 0 fully saturated rings. The van der Waals surface area contributed by atoms with Crippen LogP contribution in [0.25, 0.3) is 6.08 Å². The quantitative estimate of drug-likeness (QED) is 0.383. The first-order valence-electron chi connectivity index (χ1n) is 10.8. The minimum atomic E-state index is -4.33. The number of carbonyl (C=O) groups is 1. The summed E-state index contributed by atoms with van der Waals surface area (Å²) in [4.78, 5) is 14.8. The van der Waals surface area contributed by atoms with Crippen LogP contribution in [0.2, 0.25) is 0 Å². The van der Waals surface area contributed by atoms with Crippen LogP contribution in [0.4, 0.5) is 11.4 Å². The van der Waals surface area contributed by atoms with Gasteiger partial charge in [0.25, 0.3) is 16.0 Å². The molecule has 12 heteroatoms. The number of sulfonamides is 1. The van der Waals surface area contributed by atoms with Crippen molar-refractivity contribution in [2.24, 2.45) is 5.10 Å². The predicted molar refractivity (Wildman–Crippen MR) is 137 cm³/mol. The Balaban J connectivity index is 1.80. The van der Waals surface area contributed by atoms with Crippen LogP contribution >= 0.6 is 0 Å². The maximum atomic E-state index is 13.0. The van der Waals surface area contributed by atoms with E-state index in [1.807, 2.05) is 36.9 Å². The van der Waals surface area contributed by atoms with Crippen LogP contribution in [0.1, 0.15) is 25.0 Å². The number of likely N-dealkylation sites (N-methyl/N-ethyl adjacent to an activating group) is 1. The van der Waals surface area contributed by atoms with Gasteiger partial charge in [-0.2, -0.15) is 18.5 Å². The molecule has 2 aromatic carbocycles. The molecular weight excluding hydrogens is 492 g/mol. The fourth-order valence-electron chi connectivity index (χ4n) is 3.63. The van der Waals surface area contributed by atoms with E-state index in [0.717, 1.165) is 23.1 Å². The van der Waals surface area contributed by atoms with Crippen molar-refractivity contribution in [1.29, 1.82) is 0 Å². The smallest absolute Gasteiger partial charge is 0.294 e. The molecule has 0 saturated heterocycles. The summed E-state index contributed by atoms with van der Waals surface area (Å²) in [6, 6.07) is 11.0. The number of anilines is 2. The topological polar surface area (TPSA) is 136 Å². The van der Waals surface area contributed by atoms with Crippen LogP contribution < -0.4 is 14.6 Å². The summed E-state index contributed by atoms with van der Waals surface area (Å²) < 4.78 is 56.8. The van der Waals surface area contributed by atoms with Gasteiger partial charge in [-0.15, -0.1) is 0 Å². The summed E-state index contributed by atoms with van der Waals surface area (Å²) in [5.41, 5.74) is 4.00. The summed E-state index contributed by atoms with van der Waals surface area (Å²) in [6.45, 7) is 7.13. The van der Waals surface area contributed by atoms with Gasteiger partial charge >= 0.3 is 0 Å². The summed E-state index contributed by atoms with van der Waals surface area (Å²) in [5.74, 6) is -0.354. The van der Waals surface area contributed by atoms with Crippen LogP contribution in [0, 0.1) is 6.92 Å². The molecule has 0 aromatic heterocycles. The van der Waals surface area contributed by atoms with Crippen molar-refractivity contribution in [2.45, 2.75) is 25.7 Å². The van der Waals surface area contributed by atoms with E-state index in [4.69, 9.17) is 4.55 Å². The number of nitrogens with zero attached hydrogens (tertiary/aromatic N) is 3. The molecule has 0 unspecified atom stereocenters. The first-order valence-corrected chi connectivity index (χ1v) is 14.1. The maximum absolute atomic E-state index is 13.0. The third-order valence-corrected chi connectivity index (χ3v) is 7.08. The number of carbonyl (C=O) groups excluding carboxylic acids is 1. The lowest BCUT2D eigenvalue weighted by Gasteiger charge is -2.24. The lowest BCUT2D eigenvalue weighted by molar-refractivity contribution is -0.114. The molecular formula is C23H28N4O6S2. The Bertz CT molecular complexity index is 1400. The second kappa shape index (κ2) is 10.3. The van der Waals surface area contributed by atoms with E-state index in [1.165, 1.54) is 29.3 Å². The van der Waals surface area contributed by atoms with Crippen LogP contribution in [-0.2, 0) is 24.9 Å². The number of nitrogens with one attached hydrogen (secondary N) is 1. The number of hydrazone groups is 1. The van der Waals surface area contributed by atoms with Crippen molar-refractivity contribution in [1.82, 2.24) is 4.72 Å². The number of hydrogen-bond acceptors (Lipinski definition) is 7. The van der Waals surface area contributed by atoms with Crippen molar-refractivity contribution < 1.29 is 26.2 Å². The monoisotopic (exact) mass is 520 g/mol. The molecule has 1 aliphatic heterocycles. The zero-order valence-electron chi connectivity index (χ0n) is 19.9. The maximum Gasteiger partial charge on any atom is 0.294 e. The standard InChI is InChI=1S/C23H28N4O6S2/c1-5-26(13-12-24-34(4,29)30)20-7-6-18(16(2)14-20)15-22-17(3)25-27(23(22)28)19-8-10-21(11-9-19)35(31,32)33/h6-11,14-15,24H,5,12-13H2,1-4H3,(H,31,32,33)/b22-15+. The molecule has 0 atom stereocenters. The third-order valence-electron chi connectivity index (χ3n) is 5.49. The minimum Gasteiger partial charge on any atom is -0.370 e. The summed E-state index contributed by atoms with van der Waals surface area (Å²) in [6.07, 6.45) is 2.88. The van der Waals surface area contributed by atoms with E-state index < -0.39 is 20.1 Å². The predicted octanol–water partition coefficient (Wildman–Crippen LogP) is 2.42. The van der Waals surface area contributed by atoms with E-state index in [1.54, 1.807) is 13.0 Å². The van der Waals surface area contributed by atoms with E-state index >= 15 is 0 Å². The van der Waals surface area contributed by atoms with Gasteiger partial charge in [-0.1, -0.05) is 6.07 Å². The van der Waals surface area contributed by atoms with Gasteiger partial charge in [-0.3, -0.25) is 9.35 Å². The van der Waals surface area contributed by atoms with Crippen LogP contribution in [0.5, 0.6) is 0 Å². The third kappa shape index (κ3) is 6.54. The van der Waals surface area contributed by atoms with E-state index in [-0.39, 0.29) is 10.8 Å². The van der Waals surface area contributed by atoms with E-state index in [2.05, 4.69) is 9.82 Å². The Morgan fingerprint density at radius 2 is 1.74 bits per heavy atom. The molecule has 0 bridgehead atoms. The summed E-state index contributed by atoms with van der Waals surface area (Å²) in [5, 5.41) is 5.49. The Kier molecular flexibility index (Phi) is 7.80. The summed E-state index contributed by atoms with van der Waals surface area (Å²) >= 11 is 0. The van der Waals surface area contributed by atoms with Crippen LogP contribution in [-0.4, -0.2) is 58.9 Å². The second-order valence-electron chi connectivity index (χ2n) is 8.12. The summed E-state index contributed by atoms with van der Waals surface area (Å²) in [7, 11) is -7.58. The molecule has 0 spiro atoms. The molecule has 2 aromatic rings. The number of aryl methyl sites for hydroxylation is 1. The largest absolute Gasteiger partial charge is 0.370 e. The number of benzene rings is 2. The van der Waals surface area contributed by atoms with Gasteiger partial charge in [0.2, 0.25) is 10.0 Å². The molecule has 2 N–H and O–H groups in total. The van der Waals surface area contributed by atoms with Gasteiger partial charge in [0.05, 0.1) is 28.1 Å². The van der Waals surface area contributed by atoms with Crippen LogP contribution in [0.15, 0.2) is 58.0 Å². The van der Waals surface area contributed by atoms with Crippen molar-refractivity contribution in [3.63, 3.8) is 0 Å². The fourth-order valence-corrected chi connectivity index (χ4v) is 4.57. The molecule has 1 aliphatic rings. The molecule has 1 amide bonds. The van der Waals surface area contributed by atoms with Gasteiger partial charge in [-0.05, 0) is 74.4 Å². The van der Waals surface area contributed by atoms with Crippen molar-refractivity contribution >= 4 is 49.2 Å². The van der Waals surface area contributed by atoms with Crippen molar-refractivity contribution in [2.75, 3.05) is 35.8 Å². The highest BCUT2D eigenvalue weighted by Crippen LogP contribution is 2.28. The first-order chi connectivity index (χ1) is 16.3. The molecule has 0 aliphatic carbocycles. The molecule has 35 heavy (non-hydrogen) atoms. The molecule has 3 rings (SSSR count). The Morgan fingerprint density at radius 1 is 1.09 bits per heavy atom. The minimum absolute atomic E-state index is 0.270. The van der Waals surface area contributed by atoms with Crippen molar-refractivity contribution in [3.05, 3.63) is 59.2 Å². The highest BCUT2D eigenvalue weighted by molar-refractivity contribution is 7.88. The Hall–Kier alpha value is -3.06. The first kappa shape index (κ1) is 26.5. The average Bonchev–Trinajstić information content (AvgIpc) is 3.05. The van der Waals surface area contributed by atoms with Crippen LogP contribution in [0.3, 0.4) is 0 Å². The molecule has 10 nitrogen and oxygen atoms in total. The highest BCUT2D eigenvalue weighted by Gasteiger charge is 2.29. The number of hydrogen-bond donors (Lipinski definition) is 2. The lowest BCUT2D eigenvalue weighted by Crippen LogP contribution is -2.34. The number of amides is 1. The van der Waals surface area contributed by atoms with E-state index in [9.17, 15) is 21.6 Å². The SMILES string of the molecule is CCN(CCNS(C)(=O)=O)c1ccc(/C=C2/C(=O)N(c3ccc(S(=O)(=O)O)cc3)N=C2C)c(C)c1. The van der Waals surface area contributed by atoms with Crippen molar-refractivity contribution in [3.8, 4) is 0 Å². The zero-order chi connectivity index (χ0) is 26.0. The zero-order valence-corrected chi connectivity index (χ0v) is 21.5. The number of rotatable bonds is 9. The molecule has 0 saturated carbocycles. The van der Waals surface area contributed by atoms with E-state index in [0.29, 0.717) is 36.6 Å².